The average molecular weight is 445 g/mol. The van der Waals surface area contributed by atoms with Crippen LogP contribution in [-0.2, 0) is 15.4 Å². The Kier molecular flexibility index (Phi) is 6.02. The Bertz CT molecular complexity index is 1260. The minimum Gasteiger partial charge on any atom is -0.257 e. The second-order valence-electron chi connectivity index (χ2n) is 8.19. The van der Waals surface area contributed by atoms with Crippen LogP contribution < -0.4 is 4.31 Å². The maximum Gasteiger partial charge on any atom is 0.268 e. The van der Waals surface area contributed by atoms with E-state index in [9.17, 15) is 8.42 Å². The molecule has 0 unspecified atom stereocenters. The van der Waals surface area contributed by atoms with Gasteiger partial charge < -0.3 is 0 Å². The van der Waals surface area contributed by atoms with Gasteiger partial charge in [0.15, 0.2) is 0 Å². The van der Waals surface area contributed by atoms with E-state index in [1.807, 2.05) is 73.7 Å². The van der Waals surface area contributed by atoms with E-state index in [-0.39, 0.29) is 10.3 Å². The molecule has 0 N–H and O–H groups in total. The van der Waals surface area contributed by atoms with Gasteiger partial charge in [-0.3, -0.25) is 4.99 Å². The molecule has 4 nitrogen and oxygen atoms in total. The predicted octanol–water partition coefficient (Wildman–Crippen LogP) is 6.55. The maximum atomic E-state index is 13.5. The molecule has 0 aliphatic carbocycles. The Morgan fingerprint density at radius 2 is 1.56 bits per heavy atom. The van der Waals surface area contributed by atoms with Gasteiger partial charge in [0.25, 0.3) is 10.0 Å². The number of para-hydroxylation sites is 2. The highest BCUT2D eigenvalue weighted by molar-refractivity contribution is 7.93. The summed E-state index contributed by atoms with van der Waals surface area (Å²) in [5.74, 6) is 0. The third kappa shape index (κ3) is 3.89. The lowest BCUT2D eigenvalue weighted by Crippen LogP contribution is -2.31. The van der Waals surface area contributed by atoms with Gasteiger partial charge in [-0.2, -0.15) is 0 Å². The van der Waals surface area contributed by atoms with Crippen molar-refractivity contribution in [3.05, 3.63) is 102 Å². The molecule has 1 atom stereocenters. The topological polar surface area (TPSA) is 49.7 Å². The van der Waals surface area contributed by atoms with Crippen molar-refractivity contribution in [3.8, 4) is 0 Å². The highest BCUT2D eigenvalue weighted by atomic mass is 32.2. The van der Waals surface area contributed by atoms with E-state index >= 15 is 0 Å². The van der Waals surface area contributed by atoms with Crippen molar-refractivity contribution in [2.24, 2.45) is 4.99 Å². The zero-order valence-corrected chi connectivity index (χ0v) is 19.5. The fourth-order valence-corrected chi connectivity index (χ4v) is 5.71. The van der Waals surface area contributed by atoms with Gasteiger partial charge in [0.1, 0.15) is 0 Å². The molecule has 0 radical (unpaired) electrons. The van der Waals surface area contributed by atoms with Crippen LogP contribution in [0.4, 0.5) is 11.4 Å². The van der Waals surface area contributed by atoms with Crippen LogP contribution in [0.5, 0.6) is 0 Å². The molecule has 5 heteroatoms. The number of fused-ring (bicyclic) bond motifs is 1. The monoisotopic (exact) mass is 444 g/mol. The largest absolute Gasteiger partial charge is 0.268 e. The first-order valence-electron chi connectivity index (χ1n) is 10.9. The van der Waals surface area contributed by atoms with Crippen molar-refractivity contribution >= 4 is 27.1 Å². The summed E-state index contributed by atoms with van der Waals surface area (Å²) in [6, 6.07) is 24.4. The second kappa shape index (κ2) is 8.75. The van der Waals surface area contributed by atoms with Crippen molar-refractivity contribution in [1.82, 2.24) is 0 Å². The first kappa shape index (κ1) is 22.0. The summed E-state index contributed by atoms with van der Waals surface area (Å²) in [6.07, 6.45) is 5.21. The maximum absolute atomic E-state index is 13.5. The molecule has 0 saturated carbocycles. The molecule has 4 rings (SSSR count). The highest BCUT2D eigenvalue weighted by Crippen LogP contribution is 2.45. The van der Waals surface area contributed by atoms with E-state index in [4.69, 9.17) is 4.99 Å². The van der Waals surface area contributed by atoms with Crippen LogP contribution in [0.3, 0.4) is 0 Å². The molecule has 3 aromatic carbocycles. The minimum absolute atomic E-state index is 0.219. The normalized spacial score (nSPS) is 17.9. The smallest absolute Gasteiger partial charge is 0.257 e. The third-order valence-corrected chi connectivity index (χ3v) is 8.02. The SMILES string of the molecule is CC[C@]1(C/C=C/N(c2ccccc2)S(=O)(=O)c2ccc(C)cc2)C(C)=Nc2ccccc21. The van der Waals surface area contributed by atoms with Gasteiger partial charge in [0.05, 0.1) is 16.3 Å². The van der Waals surface area contributed by atoms with Gasteiger partial charge in [-0.25, -0.2) is 12.7 Å². The predicted molar refractivity (Wildman–Crippen MR) is 132 cm³/mol. The number of hydrogen-bond acceptors (Lipinski definition) is 3. The lowest BCUT2D eigenvalue weighted by atomic mass is 9.73. The summed E-state index contributed by atoms with van der Waals surface area (Å²) in [6.45, 7) is 6.17. The molecule has 0 spiro atoms. The van der Waals surface area contributed by atoms with Crippen LogP contribution in [0.1, 0.15) is 37.8 Å². The zero-order chi connectivity index (χ0) is 22.8. The average Bonchev–Trinajstić information content (AvgIpc) is 3.09. The lowest BCUT2D eigenvalue weighted by molar-refractivity contribution is 0.569. The van der Waals surface area contributed by atoms with Crippen molar-refractivity contribution in [2.75, 3.05) is 4.31 Å². The van der Waals surface area contributed by atoms with Crippen molar-refractivity contribution in [3.63, 3.8) is 0 Å². The van der Waals surface area contributed by atoms with Crippen LogP contribution in [0.25, 0.3) is 0 Å². The number of nitrogens with zero attached hydrogens (tertiary/aromatic N) is 2. The Hall–Kier alpha value is -3.18. The molecule has 1 heterocycles. The highest BCUT2D eigenvalue weighted by Gasteiger charge is 2.38. The quantitative estimate of drug-likeness (QED) is 0.415. The number of aryl methyl sites for hydroxylation is 1. The van der Waals surface area contributed by atoms with Gasteiger partial charge in [-0.1, -0.05) is 67.1 Å². The summed E-state index contributed by atoms with van der Waals surface area (Å²) < 4.78 is 28.4. The van der Waals surface area contributed by atoms with Gasteiger partial charge >= 0.3 is 0 Å². The number of hydrogen-bond donors (Lipinski definition) is 0. The molecule has 164 valence electrons. The fourth-order valence-electron chi connectivity index (χ4n) is 4.36. The van der Waals surface area contributed by atoms with Crippen LogP contribution >= 0.6 is 0 Å². The number of allylic oxidation sites excluding steroid dienone is 1. The number of sulfonamides is 1. The summed E-state index contributed by atoms with van der Waals surface area (Å²) in [5, 5.41) is 0. The molecule has 0 fully saturated rings. The summed E-state index contributed by atoms with van der Waals surface area (Å²) in [5.41, 5.74) is 4.68. The summed E-state index contributed by atoms with van der Waals surface area (Å²) >= 11 is 0. The van der Waals surface area contributed by atoms with E-state index in [1.54, 1.807) is 18.3 Å². The van der Waals surface area contributed by atoms with E-state index in [2.05, 4.69) is 19.9 Å². The van der Waals surface area contributed by atoms with Gasteiger partial charge in [0.2, 0.25) is 0 Å². The molecule has 32 heavy (non-hydrogen) atoms. The van der Waals surface area contributed by atoms with Crippen LogP contribution in [-0.4, -0.2) is 14.1 Å². The fraction of sp³-hybridized carbons (Fsp3) is 0.222. The van der Waals surface area contributed by atoms with Crippen LogP contribution in [0.2, 0.25) is 0 Å². The molecule has 0 aromatic heterocycles. The van der Waals surface area contributed by atoms with Gasteiger partial charge in [0, 0.05) is 17.3 Å². The minimum atomic E-state index is -3.75. The Balaban J connectivity index is 1.71. The Labute approximate surface area is 191 Å². The summed E-state index contributed by atoms with van der Waals surface area (Å²) in [4.78, 5) is 5.06. The first-order valence-corrected chi connectivity index (χ1v) is 12.3. The molecule has 0 saturated heterocycles. The third-order valence-electron chi connectivity index (χ3n) is 6.30. The molecule has 0 bridgehead atoms. The Morgan fingerprint density at radius 3 is 2.25 bits per heavy atom. The molecular weight excluding hydrogens is 416 g/mol. The number of rotatable bonds is 7. The van der Waals surface area contributed by atoms with E-state index in [0.717, 1.165) is 23.4 Å². The number of aliphatic imine (C=N–C) groups is 1. The number of anilines is 1. The van der Waals surface area contributed by atoms with E-state index in [0.29, 0.717) is 12.1 Å². The van der Waals surface area contributed by atoms with E-state index in [1.165, 1.54) is 9.87 Å². The van der Waals surface area contributed by atoms with Crippen LogP contribution in [0.15, 0.2) is 101 Å². The lowest BCUT2D eigenvalue weighted by Gasteiger charge is -2.29. The summed E-state index contributed by atoms with van der Waals surface area (Å²) in [7, 11) is -3.75. The van der Waals surface area contributed by atoms with Gasteiger partial charge in [-0.05, 0) is 62.6 Å². The standard InChI is InChI=1S/C27H28N2O2S/c1-4-27(22(3)28-26-14-9-8-13-25(26)27)19-10-20-29(23-11-6-5-7-12-23)32(30,31)24-17-15-21(2)16-18-24/h5-18,20H,4,19H2,1-3H3/b20-10+/t27-/m0/s1. The zero-order valence-electron chi connectivity index (χ0n) is 18.7. The van der Waals surface area contributed by atoms with Crippen molar-refractivity contribution in [1.29, 1.82) is 0 Å². The van der Waals surface area contributed by atoms with E-state index < -0.39 is 10.0 Å². The molecule has 1 aliphatic heterocycles. The molecular formula is C27H28N2O2S. The molecule has 1 aliphatic rings. The van der Waals surface area contributed by atoms with Crippen molar-refractivity contribution in [2.45, 2.75) is 43.9 Å². The molecule has 0 amide bonds. The first-order chi connectivity index (χ1) is 15.4. The Morgan fingerprint density at radius 1 is 0.906 bits per heavy atom. The van der Waals surface area contributed by atoms with Gasteiger partial charge in [-0.15, -0.1) is 0 Å². The second-order valence-corrected chi connectivity index (χ2v) is 10.0. The molecule has 3 aromatic rings. The number of benzene rings is 3. The van der Waals surface area contributed by atoms with Crippen molar-refractivity contribution < 1.29 is 8.42 Å². The van der Waals surface area contributed by atoms with Crippen LogP contribution in [0, 0.1) is 6.92 Å².